The summed E-state index contributed by atoms with van der Waals surface area (Å²) < 4.78 is 11.8. The maximum Gasteiger partial charge on any atom is 0.161 e. The maximum atomic E-state index is 11.0. The van der Waals surface area contributed by atoms with E-state index in [9.17, 15) is 10.3 Å². The normalized spacial score (nSPS) is 31.8. The number of oxime groups is 1. The van der Waals surface area contributed by atoms with E-state index in [1.807, 2.05) is 6.07 Å². The van der Waals surface area contributed by atoms with Gasteiger partial charge >= 0.3 is 0 Å². The Labute approximate surface area is 161 Å². The van der Waals surface area contributed by atoms with Crippen LogP contribution in [0.25, 0.3) is 0 Å². The van der Waals surface area contributed by atoms with Crippen LogP contribution in [0.1, 0.15) is 24.0 Å². The molecule has 2 N–H and O–H groups in total. The van der Waals surface area contributed by atoms with Gasteiger partial charge in [0.1, 0.15) is 11.5 Å². The SMILES string of the molecule is COC1=C[C@H]2[C@@H]3Cc4c(Br)cc(OC)c(O)c4[C@]2(CCN3C)C/C1=N\O. The number of phenols is 1. The van der Waals surface area contributed by atoms with Crippen LogP contribution in [0, 0.1) is 5.92 Å². The minimum atomic E-state index is -0.338. The third-order valence-corrected chi connectivity index (χ3v) is 7.12. The molecule has 0 unspecified atom stereocenters. The number of aromatic hydroxyl groups is 1. The summed E-state index contributed by atoms with van der Waals surface area (Å²) in [6.07, 6.45) is 4.29. The quantitative estimate of drug-likeness (QED) is 0.565. The van der Waals surface area contributed by atoms with E-state index in [0.29, 0.717) is 29.7 Å². The van der Waals surface area contributed by atoms with Crippen molar-refractivity contribution in [3.05, 3.63) is 33.5 Å². The Balaban J connectivity index is 2.02. The Morgan fingerprint density at radius 1 is 1.35 bits per heavy atom. The molecule has 1 aromatic rings. The highest BCUT2D eigenvalue weighted by molar-refractivity contribution is 9.10. The van der Waals surface area contributed by atoms with E-state index in [1.54, 1.807) is 14.2 Å². The Bertz CT molecular complexity index is 822. The van der Waals surface area contributed by atoms with E-state index in [2.05, 4.69) is 39.1 Å². The number of hydrogen-bond donors (Lipinski definition) is 2. The Morgan fingerprint density at radius 3 is 2.77 bits per heavy atom. The molecule has 0 saturated carbocycles. The van der Waals surface area contributed by atoms with Crippen molar-refractivity contribution in [2.75, 3.05) is 27.8 Å². The molecule has 0 spiro atoms. The number of ether oxygens (including phenoxy) is 2. The van der Waals surface area contributed by atoms with E-state index in [4.69, 9.17) is 9.47 Å². The van der Waals surface area contributed by atoms with Gasteiger partial charge < -0.3 is 24.7 Å². The van der Waals surface area contributed by atoms with Crippen molar-refractivity contribution in [1.82, 2.24) is 4.90 Å². The number of rotatable bonds is 2. The molecular weight excluding hydrogens is 400 g/mol. The van der Waals surface area contributed by atoms with E-state index in [-0.39, 0.29) is 17.1 Å². The molecule has 26 heavy (non-hydrogen) atoms. The van der Waals surface area contributed by atoms with Crippen LogP contribution in [0.5, 0.6) is 11.5 Å². The lowest BCUT2D eigenvalue weighted by Gasteiger charge is -2.57. The van der Waals surface area contributed by atoms with E-state index in [0.717, 1.165) is 35.0 Å². The van der Waals surface area contributed by atoms with E-state index < -0.39 is 0 Å². The fourth-order valence-electron chi connectivity index (χ4n) is 5.16. The van der Waals surface area contributed by atoms with Gasteiger partial charge in [-0.05, 0) is 44.1 Å². The van der Waals surface area contributed by atoms with E-state index in [1.165, 1.54) is 0 Å². The summed E-state index contributed by atoms with van der Waals surface area (Å²) in [6.45, 7) is 0.920. The topological polar surface area (TPSA) is 74.5 Å². The molecule has 0 aromatic heterocycles. The second-order valence-corrected chi connectivity index (χ2v) is 8.26. The molecule has 1 saturated heterocycles. The molecule has 1 fully saturated rings. The molecule has 3 atom stereocenters. The lowest BCUT2D eigenvalue weighted by Crippen LogP contribution is -2.60. The Kier molecular flexibility index (Phi) is 4.19. The first-order valence-corrected chi connectivity index (χ1v) is 9.52. The lowest BCUT2D eigenvalue weighted by atomic mass is 9.53. The number of halogens is 1. The summed E-state index contributed by atoms with van der Waals surface area (Å²) >= 11 is 3.68. The molecule has 1 aliphatic heterocycles. The molecule has 4 rings (SSSR count). The van der Waals surface area contributed by atoms with Crippen LogP contribution in [0.2, 0.25) is 0 Å². The molecule has 6 nitrogen and oxygen atoms in total. The second kappa shape index (κ2) is 6.16. The van der Waals surface area contributed by atoms with Crippen LogP contribution >= 0.6 is 15.9 Å². The van der Waals surface area contributed by atoms with Crippen molar-refractivity contribution in [2.24, 2.45) is 11.1 Å². The number of likely N-dealkylation sites (N-methyl/N-ethyl adjacent to an activating group) is 1. The van der Waals surface area contributed by atoms with Crippen LogP contribution in [0.3, 0.4) is 0 Å². The number of fused-ring (bicyclic) bond motifs is 1. The largest absolute Gasteiger partial charge is 0.504 e. The zero-order chi connectivity index (χ0) is 18.6. The molecule has 7 heteroatoms. The molecule has 3 aliphatic rings. The molecule has 140 valence electrons. The molecule has 2 bridgehead atoms. The van der Waals surface area contributed by atoms with Crippen LogP contribution in [0.4, 0.5) is 0 Å². The molecule has 2 aliphatic carbocycles. The summed E-state index contributed by atoms with van der Waals surface area (Å²) in [5.41, 5.74) is 2.22. The summed E-state index contributed by atoms with van der Waals surface area (Å²) in [5.74, 6) is 1.45. The first-order valence-electron chi connectivity index (χ1n) is 8.73. The van der Waals surface area contributed by atoms with Crippen LogP contribution in [0.15, 0.2) is 27.5 Å². The van der Waals surface area contributed by atoms with E-state index >= 15 is 0 Å². The summed E-state index contributed by atoms with van der Waals surface area (Å²) in [7, 11) is 5.31. The monoisotopic (exact) mass is 422 g/mol. The van der Waals surface area contributed by atoms with Crippen molar-refractivity contribution >= 4 is 21.6 Å². The number of allylic oxidation sites excluding steroid dienone is 1. The number of piperidine rings is 1. The van der Waals surface area contributed by atoms with Gasteiger partial charge in [0, 0.05) is 33.8 Å². The van der Waals surface area contributed by atoms with Crippen LogP contribution < -0.4 is 4.74 Å². The third kappa shape index (κ3) is 2.23. The average Bonchev–Trinajstić information content (AvgIpc) is 2.65. The number of hydrogen-bond acceptors (Lipinski definition) is 6. The Hall–Kier alpha value is -1.73. The van der Waals surface area contributed by atoms with Gasteiger partial charge in [0.2, 0.25) is 0 Å². The summed E-state index contributed by atoms with van der Waals surface area (Å²) in [5, 5.41) is 24.1. The number of methoxy groups -OCH3 is 2. The predicted molar refractivity (Wildman–Crippen MR) is 101 cm³/mol. The minimum absolute atomic E-state index is 0.166. The van der Waals surface area contributed by atoms with Gasteiger partial charge in [-0.1, -0.05) is 21.1 Å². The third-order valence-electron chi connectivity index (χ3n) is 6.42. The van der Waals surface area contributed by atoms with Crippen LogP contribution in [-0.4, -0.2) is 54.8 Å². The zero-order valence-electron chi connectivity index (χ0n) is 15.1. The van der Waals surface area contributed by atoms with Crippen molar-refractivity contribution < 1.29 is 19.8 Å². The smallest absolute Gasteiger partial charge is 0.161 e. The number of phenolic OH excluding ortho intramolecular Hbond substituents is 1. The molecule has 0 amide bonds. The fraction of sp³-hybridized carbons (Fsp3) is 0.526. The number of likely N-dealkylation sites (tertiary alicyclic amines) is 1. The first kappa shape index (κ1) is 17.7. The fourth-order valence-corrected chi connectivity index (χ4v) is 5.73. The molecule has 1 heterocycles. The molecular formula is C19H23BrN2O4. The maximum absolute atomic E-state index is 11.0. The van der Waals surface area contributed by atoms with Gasteiger partial charge in [-0.25, -0.2) is 0 Å². The summed E-state index contributed by atoms with van der Waals surface area (Å²) in [4.78, 5) is 2.38. The number of nitrogens with zero attached hydrogens (tertiary/aromatic N) is 2. The van der Waals surface area contributed by atoms with Crippen molar-refractivity contribution in [3.63, 3.8) is 0 Å². The zero-order valence-corrected chi connectivity index (χ0v) is 16.7. The van der Waals surface area contributed by atoms with Crippen molar-refractivity contribution in [3.8, 4) is 11.5 Å². The van der Waals surface area contributed by atoms with Gasteiger partial charge in [-0.15, -0.1) is 0 Å². The second-order valence-electron chi connectivity index (χ2n) is 7.41. The molecule has 0 radical (unpaired) electrons. The van der Waals surface area contributed by atoms with Gasteiger partial charge in [0.15, 0.2) is 11.5 Å². The van der Waals surface area contributed by atoms with Gasteiger partial charge in [0.05, 0.1) is 14.2 Å². The lowest BCUT2D eigenvalue weighted by molar-refractivity contribution is 0.0517. The van der Waals surface area contributed by atoms with Gasteiger partial charge in [0.25, 0.3) is 0 Å². The van der Waals surface area contributed by atoms with Crippen molar-refractivity contribution in [1.29, 1.82) is 0 Å². The van der Waals surface area contributed by atoms with Gasteiger partial charge in [-0.2, -0.15) is 0 Å². The highest BCUT2D eigenvalue weighted by Gasteiger charge is 2.56. The highest BCUT2D eigenvalue weighted by atomic mass is 79.9. The minimum Gasteiger partial charge on any atom is -0.504 e. The molecule has 1 aromatic carbocycles. The van der Waals surface area contributed by atoms with Crippen molar-refractivity contribution in [2.45, 2.75) is 30.7 Å². The Morgan fingerprint density at radius 2 is 2.12 bits per heavy atom. The summed E-state index contributed by atoms with van der Waals surface area (Å²) in [6, 6.07) is 2.13. The first-order chi connectivity index (χ1) is 12.5. The average molecular weight is 423 g/mol. The highest BCUT2D eigenvalue weighted by Crippen LogP contribution is 2.59. The van der Waals surface area contributed by atoms with Gasteiger partial charge in [-0.3, -0.25) is 0 Å². The number of benzene rings is 1. The standard InChI is InChI=1S/C19H23BrN2O4/c1-22-5-4-19-9-13(21-24)15(25-2)7-11(19)14(22)6-10-12(20)8-16(26-3)18(23)17(10)19/h7-8,11,14,23-24H,4-6,9H2,1-3H3/b21-13+/t11-,14-,19+/m0/s1. The van der Waals surface area contributed by atoms with Crippen LogP contribution in [-0.2, 0) is 16.6 Å². The predicted octanol–water partition coefficient (Wildman–Crippen LogP) is 3.04.